The molecule has 80 valence electrons. The fourth-order valence-corrected chi connectivity index (χ4v) is 0.638. The summed E-state index contributed by atoms with van der Waals surface area (Å²) < 4.78 is 13.8. The minimum absolute atomic E-state index is 0.0186. The largest absolute Gasteiger partial charge is 0.497 e. The van der Waals surface area contributed by atoms with Gasteiger partial charge in [0.25, 0.3) is 0 Å². The predicted octanol–water partition coefficient (Wildman–Crippen LogP) is 0.163. The molecule has 0 aromatic carbocycles. The SMILES string of the molecule is COC(=O)/C=C(/COC(=O)CS)OC. The molecule has 0 fully saturated rings. The Bertz CT molecular complexity index is 236. The van der Waals surface area contributed by atoms with Crippen molar-refractivity contribution in [3.63, 3.8) is 0 Å². The highest BCUT2D eigenvalue weighted by atomic mass is 32.1. The fourth-order valence-electron chi connectivity index (χ4n) is 0.547. The van der Waals surface area contributed by atoms with Gasteiger partial charge in [-0.15, -0.1) is 0 Å². The molecule has 0 aliphatic heterocycles. The van der Waals surface area contributed by atoms with E-state index in [1.54, 1.807) is 0 Å². The van der Waals surface area contributed by atoms with Crippen molar-refractivity contribution < 1.29 is 23.8 Å². The number of esters is 2. The zero-order chi connectivity index (χ0) is 11.0. The van der Waals surface area contributed by atoms with E-state index in [4.69, 9.17) is 4.74 Å². The quantitative estimate of drug-likeness (QED) is 0.309. The maximum Gasteiger partial charge on any atom is 0.334 e. The molecule has 6 heteroatoms. The standard InChI is InChI=1S/C8H12O5S/c1-11-6(3-7(9)12-2)4-13-8(10)5-14/h3,14H,4-5H2,1-2H3/b6-3-. The summed E-state index contributed by atoms with van der Waals surface area (Å²) in [6.45, 7) is -0.106. The van der Waals surface area contributed by atoms with Gasteiger partial charge in [-0.2, -0.15) is 12.6 Å². The van der Waals surface area contributed by atoms with Gasteiger partial charge < -0.3 is 14.2 Å². The van der Waals surface area contributed by atoms with Crippen molar-refractivity contribution >= 4 is 24.6 Å². The van der Waals surface area contributed by atoms with E-state index in [1.807, 2.05) is 0 Å². The minimum Gasteiger partial charge on any atom is -0.497 e. The van der Waals surface area contributed by atoms with Crippen LogP contribution in [0.25, 0.3) is 0 Å². The van der Waals surface area contributed by atoms with Gasteiger partial charge in [0.15, 0.2) is 0 Å². The van der Waals surface area contributed by atoms with Crippen molar-refractivity contribution in [3.8, 4) is 0 Å². The Kier molecular flexibility index (Phi) is 6.65. The molecule has 0 saturated heterocycles. The Labute approximate surface area is 87.4 Å². The molecule has 0 spiro atoms. The second-order valence-corrected chi connectivity index (χ2v) is 2.47. The summed E-state index contributed by atoms with van der Waals surface area (Å²) in [5.41, 5.74) is 0. The molecule has 0 N–H and O–H groups in total. The first kappa shape index (κ1) is 12.8. The van der Waals surface area contributed by atoms with Gasteiger partial charge in [-0.3, -0.25) is 4.79 Å². The number of hydrogen-bond donors (Lipinski definition) is 1. The van der Waals surface area contributed by atoms with E-state index >= 15 is 0 Å². The van der Waals surface area contributed by atoms with Crippen molar-refractivity contribution in [3.05, 3.63) is 11.8 Å². The first-order valence-electron chi connectivity index (χ1n) is 3.73. The third kappa shape index (κ3) is 5.47. The van der Waals surface area contributed by atoms with Crippen LogP contribution >= 0.6 is 12.6 Å². The van der Waals surface area contributed by atoms with Gasteiger partial charge in [-0.25, -0.2) is 4.79 Å². The Morgan fingerprint density at radius 3 is 2.36 bits per heavy atom. The zero-order valence-electron chi connectivity index (χ0n) is 7.98. The van der Waals surface area contributed by atoms with Crippen molar-refractivity contribution in [1.29, 1.82) is 0 Å². The Morgan fingerprint density at radius 1 is 1.29 bits per heavy atom. The number of hydrogen-bond acceptors (Lipinski definition) is 6. The van der Waals surface area contributed by atoms with Crippen LogP contribution < -0.4 is 0 Å². The summed E-state index contributed by atoms with van der Waals surface area (Å²) in [6.07, 6.45) is 1.10. The first-order valence-corrected chi connectivity index (χ1v) is 4.36. The van der Waals surface area contributed by atoms with Crippen LogP contribution in [0, 0.1) is 0 Å². The zero-order valence-corrected chi connectivity index (χ0v) is 8.87. The average molecular weight is 220 g/mol. The average Bonchev–Trinajstić information content (AvgIpc) is 2.22. The summed E-state index contributed by atoms with van der Waals surface area (Å²) >= 11 is 3.71. The minimum atomic E-state index is -0.566. The summed E-state index contributed by atoms with van der Waals surface area (Å²) in [5, 5.41) is 0. The molecule has 0 aromatic heterocycles. The predicted molar refractivity (Wildman–Crippen MR) is 51.9 cm³/mol. The lowest BCUT2D eigenvalue weighted by Gasteiger charge is -2.05. The topological polar surface area (TPSA) is 61.8 Å². The molecule has 0 aliphatic carbocycles. The van der Waals surface area contributed by atoms with E-state index in [1.165, 1.54) is 14.2 Å². The third-order valence-corrected chi connectivity index (χ3v) is 1.50. The maximum atomic E-state index is 10.8. The number of rotatable bonds is 5. The fraction of sp³-hybridized carbons (Fsp3) is 0.500. The van der Waals surface area contributed by atoms with Crippen molar-refractivity contribution in [2.45, 2.75) is 0 Å². The highest BCUT2D eigenvalue weighted by molar-refractivity contribution is 7.81. The molecule has 0 amide bonds. The van der Waals surface area contributed by atoms with Crippen LogP contribution in [-0.4, -0.2) is 38.5 Å². The Hall–Kier alpha value is -1.17. The van der Waals surface area contributed by atoms with Crippen molar-refractivity contribution in [2.75, 3.05) is 26.6 Å². The van der Waals surface area contributed by atoms with Crippen LogP contribution in [0.4, 0.5) is 0 Å². The lowest BCUT2D eigenvalue weighted by molar-refractivity contribution is -0.141. The number of carbonyl (C=O) groups excluding carboxylic acids is 2. The number of thiol groups is 1. The summed E-state index contributed by atoms with van der Waals surface area (Å²) in [4.78, 5) is 21.5. The van der Waals surface area contributed by atoms with Gasteiger partial charge in [0.2, 0.25) is 0 Å². The monoisotopic (exact) mass is 220 g/mol. The van der Waals surface area contributed by atoms with Crippen LogP contribution in [0.2, 0.25) is 0 Å². The van der Waals surface area contributed by atoms with E-state index in [-0.39, 0.29) is 18.1 Å². The molecule has 0 bridgehead atoms. The molecule has 0 unspecified atom stereocenters. The van der Waals surface area contributed by atoms with Gasteiger partial charge >= 0.3 is 11.9 Å². The van der Waals surface area contributed by atoms with Crippen LogP contribution in [0.3, 0.4) is 0 Å². The summed E-state index contributed by atoms with van der Waals surface area (Å²) in [7, 11) is 2.61. The molecule has 0 atom stereocenters. The highest BCUT2D eigenvalue weighted by Gasteiger charge is 2.05. The van der Waals surface area contributed by atoms with Gasteiger partial charge in [-0.1, -0.05) is 0 Å². The Morgan fingerprint density at radius 2 is 1.93 bits per heavy atom. The molecule has 0 rings (SSSR count). The van der Waals surface area contributed by atoms with E-state index in [0.717, 1.165) is 6.08 Å². The van der Waals surface area contributed by atoms with E-state index in [2.05, 4.69) is 22.1 Å². The molecule has 0 aromatic rings. The maximum absolute atomic E-state index is 10.8. The van der Waals surface area contributed by atoms with E-state index in [0.29, 0.717) is 0 Å². The number of carbonyl (C=O) groups is 2. The molecular formula is C8H12O5S. The Balaban J connectivity index is 4.09. The third-order valence-electron chi connectivity index (χ3n) is 1.25. The van der Waals surface area contributed by atoms with Crippen molar-refractivity contribution in [2.24, 2.45) is 0 Å². The molecule has 0 aliphatic rings. The van der Waals surface area contributed by atoms with Gasteiger partial charge in [-0.05, 0) is 0 Å². The van der Waals surface area contributed by atoms with Gasteiger partial charge in [0, 0.05) is 0 Å². The molecular weight excluding hydrogens is 208 g/mol. The second-order valence-electron chi connectivity index (χ2n) is 2.16. The molecule has 0 radical (unpaired) electrons. The summed E-state index contributed by atoms with van der Waals surface area (Å²) in [5.74, 6) is -0.855. The molecule has 0 saturated carbocycles. The van der Waals surface area contributed by atoms with E-state index < -0.39 is 11.9 Å². The normalized spacial score (nSPS) is 10.6. The van der Waals surface area contributed by atoms with Crippen LogP contribution in [0.15, 0.2) is 11.8 Å². The molecule has 5 nitrogen and oxygen atoms in total. The molecule has 14 heavy (non-hydrogen) atoms. The van der Waals surface area contributed by atoms with Crippen LogP contribution in [-0.2, 0) is 23.8 Å². The van der Waals surface area contributed by atoms with Crippen molar-refractivity contribution in [1.82, 2.24) is 0 Å². The lowest BCUT2D eigenvalue weighted by atomic mass is 10.4. The summed E-state index contributed by atoms with van der Waals surface area (Å²) in [6, 6.07) is 0. The first-order chi connectivity index (χ1) is 6.63. The van der Waals surface area contributed by atoms with E-state index in [9.17, 15) is 9.59 Å². The lowest BCUT2D eigenvalue weighted by Crippen LogP contribution is -2.11. The van der Waals surface area contributed by atoms with Crippen LogP contribution in [0.5, 0.6) is 0 Å². The second kappa shape index (κ2) is 7.25. The van der Waals surface area contributed by atoms with Gasteiger partial charge in [0.05, 0.1) is 26.0 Å². The highest BCUT2D eigenvalue weighted by Crippen LogP contribution is 1.98. The smallest absolute Gasteiger partial charge is 0.334 e. The van der Waals surface area contributed by atoms with Gasteiger partial charge in [0.1, 0.15) is 12.4 Å². The number of methoxy groups -OCH3 is 2. The number of ether oxygens (including phenoxy) is 3. The molecule has 0 heterocycles. The van der Waals surface area contributed by atoms with Crippen LogP contribution in [0.1, 0.15) is 0 Å².